The molecule has 1 heterocycles. The number of carbonyl (C=O) groups excluding carboxylic acids is 1. The van der Waals surface area contributed by atoms with Gasteiger partial charge in [-0.1, -0.05) is 0 Å². The third-order valence-electron chi connectivity index (χ3n) is 1.88. The van der Waals surface area contributed by atoms with Gasteiger partial charge in [0.1, 0.15) is 0 Å². The highest BCUT2D eigenvalue weighted by Gasteiger charge is 2.13. The maximum atomic E-state index is 13.3. The monoisotopic (exact) mass is 228 g/mol. The maximum absolute atomic E-state index is 13.3. The van der Waals surface area contributed by atoms with Gasteiger partial charge >= 0.3 is 0 Å². The van der Waals surface area contributed by atoms with Gasteiger partial charge in [0.15, 0.2) is 11.6 Å². The van der Waals surface area contributed by atoms with E-state index in [0.29, 0.717) is 0 Å². The van der Waals surface area contributed by atoms with E-state index in [4.69, 9.17) is 5.84 Å². The van der Waals surface area contributed by atoms with Crippen LogP contribution in [0.1, 0.15) is 0 Å². The molecule has 1 amide bonds. The quantitative estimate of drug-likeness (QED) is 0.456. The van der Waals surface area contributed by atoms with E-state index in [1.165, 1.54) is 11.9 Å². The minimum absolute atomic E-state index is 0.00551. The number of hydrogen-bond donors (Lipinski definition) is 3. The third-order valence-corrected chi connectivity index (χ3v) is 1.88. The average molecular weight is 228 g/mol. The number of aromatic nitrogens is 2. The number of nitrogens with two attached hydrogens (primary N) is 1. The van der Waals surface area contributed by atoms with E-state index >= 15 is 0 Å². The summed E-state index contributed by atoms with van der Waals surface area (Å²) in [6.07, 6.45) is 0.984. The molecular weight excluding hydrogens is 215 g/mol. The Bertz CT molecular complexity index is 385. The van der Waals surface area contributed by atoms with Gasteiger partial charge in [-0.25, -0.2) is 15.2 Å². The van der Waals surface area contributed by atoms with E-state index < -0.39 is 5.82 Å². The van der Waals surface area contributed by atoms with Gasteiger partial charge < -0.3 is 10.2 Å². The molecule has 0 unspecified atom stereocenters. The van der Waals surface area contributed by atoms with Crippen LogP contribution in [0.2, 0.25) is 0 Å². The van der Waals surface area contributed by atoms with Crippen LogP contribution >= 0.6 is 0 Å². The first-order valence-corrected chi connectivity index (χ1v) is 4.49. The Labute approximate surface area is 91.8 Å². The molecule has 88 valence electrons. The van der Waals surface area contributed by atoms with Crippen molar-refractivity contribution >= 4 is 17.7 Å². The van der Waals surface area contributed by atoms with Crippen LogP contribution in [-0.4, -0.2) is 36.5 Å². The SMILES string of the molecule is CNC(=O)CN(C)c1nc(NN)ncc1F. The average Bonchev–Trinajstić information content (AvgIpc) is 2.29. The first-order valence-electron chi connectivity index (χ1n) is 4.49. The lowest BCUT2D eigenvalue weighted by atomic mass is 10.4. The highest BCUT2D eigenvalue weighted by atomic mass is 19.1. The van der Waals surface area contributed by atoms with Gasteiger partial charge in [0.05, 0.1) is 12.7 Å². The van der Waals surface area contributed by atoms with Gasteiger partial charge in [-0.05, 0) is 0 Å². The van der Waals surface area contributed by atoms with Crippen LogP contribution in [0, 0.1) is 5.82 Å². The van der Waals surface area contributed by atoms with Crippen LogP contribution in [0.25, 0.3) is 0 Å². The minimum atomic E-state index is -0.620. The molecule has 1 aromatic rings. The summed E-state index contributed by atoms with van der Waals surface area (Å²) in [5, 5.41) is 2.43. The Morgan fingerprint density at radius 1 is 1.69 bits per heavy atom. The van der Waals surface area contributed by atoms with Crippen LogP contribution in [0.3, 0.4) is 0 Å². The lowest BCUT2D eigenvalue weighted by Crippen LogP contribution is -2.34. The Kier molecular flexibility index (Phi) is 3.95. The second kappa shape index (κ2) is 5.21. The topological polar surface area (TPSA) is 96.2 Å². The summed E-state index contributed by atoms with van der Waals surface area (Å²) >= 11 is 0. The number of likely N-dealkylation sites (N-methyl/N-ethyl adjacent to an activating group) is 2. The number of amides is 1. The molecule has 0 bridgehead atoms. The zero-order chi connectivity index (χ0) is 12.1. The standard InChI is InChI=1S/C8H13FN6O/c1-11-6(16)4-15(2)7-5(9)3-12-8(13-7)14-10/h3H,4,10H2,1-2H3,(H,11,16)(H,12,13,14). The molecule has 0 aliphatic heterocycles. The number of hydrazine groups is 1. The molecule has 0 radical (unpaired) electrons. The molecule has 7 nitrogen and oxygen atoms in total. The Balaban J connectivity index is 2.88. The Morgan fingerprint density at radius 2 is 2.38 bits per heavy atom. The number of hydrogen-bond acceptors (Lipinski definition) is 6. The second-order valence-electron chi connectivity index (χ2n) is 3.04. The van der Waals surface area contributed by atoms with E-state index in [2.05, 4.69) is 20.7 Å². The van der Waals surface area contributed by atoms with Crippen molar-refractivity contribution in [3.8, 4) is 0 Å². The fraction of sp³-hybridized carbons (Fsp3) is 0.375. The second-order valence-corrected chi connectivity index (χ2v) is 3.04. The number of anilines is 2. The van der Waals surface area contributed by atoms with Crippen LogP contribution in [-0.2, 0) is 4.79 Å². The van der Waals surface area contributed by atoms with Crippen LogP contribution in [0.15, 0.2) is 6.20 Å². The predicted octanol–water partition coefficient (Wildman–Crippen LogP) is -0.917. The van der Waals surface area contributed by atoms with Gasteiger partial charge in [-0.2, -0.15) is 4.98 Å². The predicted molar refractivity (Wildman–Crippen MR) is 57.1 cm³/mol. The van der Waals surface area contributed by atoms with E-state index in [0.717, 1.165) is 6.20 Å². The van der Waals surface area contributed by atoms with E-state index in [9.17, 15) is 9.18 Å². The molecule has 0 aliphatic carbocycles. The van der Waals surface area contributed by atoms with Crippen LogP contribution in [0.4, 0.5) is 16.2 Å². The Morgan fingerprint density at radius 3 is 2.94 bits per heavy atom. The highest BCUT2D eigenvalue weighted by molar-refractivity contribution is 5.80. The third kappa shape index (κ3) is 2.76. The number of rotatable bonds is 4. The molecule has 4 N–H and O–H groups in total. The lowest BCUT2D eigenvalue weighted by molar-refractivity contribution is -0.119. The molecule has 0 spiro atoms. The maximum Gasteiger partial charge on any atom is 0.239 e. The fourth-order valence-electron chi connectivity index (χ4n) is 1.06. The van der Waals surface area contributed by atoms with E-state index in [1.54, 1.807) is 7.05 Å². The normalized spacial score (nSPS) is 9.75. The van der Waals surface area contributed by atoms with Crippen LogP contribution < -0.4 is 21.5 Å². The van der Waals surface area contributed by atoms with Gasteiger partial charge in [-0.15, -0.1) is 0 Å². The number of carbonyl (C=O) groups is 1. The van der Waals surface area contributed by atoms with Gasteiger partial charge in [0.2, 0.25) is 11.9 Å². The molecule has 0 atom stereocenters. The van der Waals surface area contributed by atoms with Crippen molar-refractivity contribution in [2.24, 2.45) is 5.84 Å². The van der Waals surface area contributed by atoms with Crippen molar-refractivity contribution in [1.82, 2.24) is 15.3 Å². The summed E-state index contributed by atoms with van der Waals surface area (Å²) in [6.45, 7) is -0.00551. The zero-order valence-corrected chi connectivity index (χ0v) is 8.99. The Hall–Kier alpha value is -1.96. The summed E-state index contributed by atoms with van der Waals surface area (Å²) in [5.74, 6) is 4.32. The molecule has 16 heavy (non-hydrogen) atoms. The fourth-order valence-corrected chi connectivity index (χ4v) is 1.06. The van der Waals surface area contributed by atoms with Crippen molar-refractivity contribution in [3.63, 3.8) is 0 Å². The largest absolute Gasteiger partial charge is 0.358 e. The molecule has 1 rings (SSSR count). The highest BCUT2D eigenvalue weighted by Crippen LogP contribution is 2.14. The number of nitrogens with one attached hydrogen (secondary N) is 2. The summed E-state index contributed by atoms with van der Waals surface area (Å²) in [6, 6.07) is 0. The van der Waals surface area contributed by atoms with Crippen molar-refractivity contribution in [2.75, 3.05) is 31.0 Å². The van der Waals surface area contributed by atoms with Crippen molar-refractivity contribution in [1.29, 1.82) is 0 Å². The minimum Gasteiger partial charge on any atom is -0.358 e. The molecule has 1 aromatic heterocycles. The number of halogens is 1. The molecule has 0 fully saturated rings. The van der Waals surface area contributed by atoms with Crippen molar-refractivity contribution in [3.05, 3.63) is 12.0 Å². The molecule has 0 aliphatic rings. The molecular formula is C8H13FN6O. The lowest BCUT2D eigenvalue weighted by Gasteiger charge is -2.17. The summed E-state index contributed by atoms with van der Waals surface area (Å²) in [7, 11) is 3.04. The molecule has 0 saturated carbocycles. The van der Waals surface area contributed by atoms with Gasteiger partial charge in [0, 0.05) is 14.1 Å². The summed E-state index contributed by atoms with van der Waals surface area (Å²) in [5.41, 5.74) is 2.20. The first kappa shape index (κ1) is 12.1. The molecule has 8 heteroatoms. The number of nitrogens with zero attached hydrogens (tertiary/aromatic N) is 3. The smallest absolute Gasteiger partial charge is 0.239 e. The first-order chi connectivity index (χ1) is 7.58. The molecule has 0 saturated heterocycles. The summed E-state index contributed by atoms with van der Waals surface area (Å²) < 4.78 is 13.3. The van der Waals surface area contributed by atoms with Crippen molar-refractivity contribution in [2.45, 2.75) is 0 Å². The zero-order valence-electron chi connectivity index (χ0n) is 8.99. The van der Waals surface area contributed by atoms with Gasteiger partial charge in [-0.3, -0.25) is 10.2 Å². The van der Waals surface area contributed by atoms with E-state index in [-0.39, 0.29) is 24.2 Å². The van der Waals surface area contributed by atoms with E-state index in [1.807, 2.05) is 0 Å². The molecule has 0 aromatic carbocycles. The number of nitrogen functional groups attached to an aromatic ring is 1. The van der Waals surface area contributed by atoms with Crippen molar-refractivity contribution < 1.29 is 9.18 Å². The summed E-state index contributed by atoms with van der Waals surface area (Å²) in [4.78, 5) is 19.9. The van der Waals surface area contributed by atoms with Gasteiger partial charge in [0.25, 0.3) is 0 Å². The van der Waals surface area contributed by atoms with Crippen LogP contribution in [0.5, 0.6) is 0 Å².